The van der Waals surface area contributed by atoms with Gasteiger partial charge in [-0.2, -0.15) is 0 Å². The highest BCUT2D eigenvalue weighted by molar-refractivity contribution is 6.00. The number of piperidine rings is 1. The minimum absolute atomic E-state index is 0.124. The normalized spacial score (nSPS) is 16.5. The van der Waals surface area contributed by atoms with Gasteiger partial charge in [0, 0.05) is 19.6 Å². The van der Waals surface area contributed by atoms with Crippen molar-refractivity contribution in [1.29, 1.82) is 0 Å². The number of nitrogens with two attached hydrogens (primary N) is 1. The van der Waals surface area contributed by atoms with E-state index in [2.05, 4.69) is 19.0 Å². The first-order valence-corrected chi connectivity index (χ1v) is 7.11. The second-order valence-corrected chi connectivity index (χ2v) is 5.85. The Morgan fingerprint density at radius 3 is 2.57 bits per heavy atom. The predicted octanol–water partition coefficient (Wildman–Crippen LogP) is 1.88. The van der Waals surface area contributed by atoms with Crippen LogP contribution in [0, 0.1) is 11.7 Å². The zero-order chi connectivity index (χ0) is 15.6. The molecule has 0 amide bonds. The van der Waals surface area contributed by atoms with Gasteiger partial charge in [-0.15, -0.1) is 0 Å². The van der Waals surface area contributed by atoms with Crippen LogP contribution in [0.1, 0.15) is 23.2 Å². The molecule has 1 fully saturated rings. The summed E-state index contributed by atoms with van der Waals surface area (Å²) in [5, 5.41) is 9.29. The van der Waals surface area contributed by atoms with E-state index >= 15 is 0 Å². The highest BCUT2D eigenvalue weighted by Crippen LogP contribution is 2.31. The van der Waals surface area contributed by atoms with Crippen molar-refractivity contribution in [1.82, 2.24) is 4.90 Å². The lowest BCUT2D eigenvalue weighted by Crippen LogP contribution is -2.38. The molecule has 1 aliphatic heterocycles. The Hall–Kier alpha value is -1.82. The highest BCUT2D eigenvalue weighted by atomic mass is 19.1. The van der Waals surface area contributed by atoms with Crippen molar-refractivity contribution in [2.75, 3.05) is 44.4 Å². The van der Waals surface area contributed by atoms with Crippen molar-refractivity contribution >= 4 is 17.3 Å². The number of anilines is 2. The number of hydrogen-bond donors (Lipinski definition) is 2. The second kappa shape index (κ2) is 6.30. The Morgan fingerprint density at radius 1 is 1.43 bits per heavy atom. The fourth-order valence-corrected chi connectivity index (χ4v) is 2.94. The molecule has 0 radical (unpaired) electrons. The summed E-state index contributed by atoms with van der Waals surface area (Å²) in [6, 6.07) is 2.75. The molecule has 116 valence electrons. The number of rotatable bonds is 4. The van der Waals surface area contributed by atoms with Crippen molar-refractivity contribution < 1.29 is 14.3 Å². The van der Waals surface area contributed by atoms with Gasteiger partial charge in [-0.3, -0.25) is 0 Å². The third-order valence-electron chi connectivity index (χ3n) is 3.96. The van der Waals surface area contributed by atoms with Crippen molar-refractivity contribution in [3.8, 4) is 0 Å². The van der Waals surface area contributed by atoms with E-state index in [4.69, 9.17) is 5.73 Å². The van der Waals surface area contributed by atoms with Gasteiger partial charge in [0.1, 0.15) is 11.4 Å². The number of nitrogen functional groups attached to an aromatic ring is 1. The Balaban J connectivity index is 2.17. The Kier molecular flexibility index (Phi) is 4.67. The third kappa shape index (κ3) is 3.44. The van der Waals surface area contributed by atoms with Crippen molar-refractivity contribution in [2.24, 2.45) is 5.92 Å². The van der Waals surface area contributed by atoms with Gasteiger partial charge in [0.05, 0.1) is 11.4 Å². The molecule has 1 heterocycles. The molecule has 6 heteroatoms. The number of aromatic carboxylic acids is 1. The maximum Gasteiger partial charge on any atom is 0.340 e. The molecular weight excluding hydrogens is 273 g/mol. The van der Waals surface area contributed by atoms with Crippen LogP contribution < -0.4 is 10.6 Å². The summed E-state index contributed by atoms with van der Waals surface area (Å²) in [6.45, 7) is 2.57. The number of benzene rings is 1. The van der Waals surface area contributed by atoms with Crippen LogP contribution >= 0.6 is 0 Å². The van der Waals surface area contributed by atoms with Crippen LogP contribution in [0.5, 0.6) is 0 Å². The standard InChI is InChI=1S/C15H22FN3O2/c1-18(2)9-10-5-7-19(8-6-10)12-4-3-11(16)14(17)13(12)15(20)21/h3-4,10H,5-9,17H2,1-2H3,(H,20,21). The third-order valence-corrected chi connectivity index (χ3v) is 3.96. The minimum Gasteiger partial charge on any atom is -0.478 e. The molecule has 5 nitrogen and oxygen atoms in total. The van der Waals surface area contributed by atoms with Gasteiger partial charge < -0.3 is 20.6 Å². The van der Waals surface area contributed by atoms with Crippen LogP contribution in [0.25, 0.3) is 0 Å². The fourth-order valence-electron chi connectivity index (χ4n) is 2.94. The molecule has 2 rings (SSSR count). The maximum absolute atomic E-state index is 13.5. The lowest BCUT2D eigenvalue weighted by atomic mass is 9.95. The molecule has 0 aliphatic carbocycles. The van der Waals surface area contributed by atoms with E-state index in [-0.39, 0.29) is 11.3 Å². The van der Waals surface area contributed by atoms with Gasteiger partial charge in [-0.1, -0.05) is 0 Å². The molecule has 1 aromatic carbocycles. The van der Waals surface area contributed by atoms with E-state index in [9.17, 15) is 14.3 Å². The van der Waals surface area contributed by atoms with E-state index in [1.54, 1.807) is 0 Å². The molecule has 0 spiro atoms. The lowest BCUT2D eigenvalue weighted by molar-refractivity contribution is 0.0698. The first-order valence-electron chi connectivity index (χ1n) is 7.11. The number of carboxylic acids is 1. The molecule has 21 heavy (non-hydrogen) atoms. The lowest BCUT2D eigenvalue weighted by Gasteiger charge is -2.35. The topological polar surface area (TPSA) is 69.8 Å². The average Bonchev–Trinajstić information content (AvgIpc) is 2.41. The van der Waals surface area contributed by atoms with E-state index in [0.717, 1.165) is 32.5 Å². The van der Waals surface area contributed by atoms with Crippen LogP contribution in [-0.4, -0.2) is 49.7 Å². The Bertz CT molecular complexity index is 526. The van der Waals surface area contributed by atoms with Crippen LogP contribution in [-0.2, 0) is 0 Å². The summed E-state index contributed by atoms with van der Waals surface area (Å²) in [6.07, 6.45) is 1.99. The summed E-state index contributed by atoms with van der Waals surface area (Å²) in [7, 11) is 4.10. The Morgan fingerprint density at radius 2 is 2.05 bits per heavy atom. The molecule has 1 saturated heterocycles. The molecule has 0 aromatic heterocycles. The molecule has 3 N–H and O–H groups in total. The van der Waals surface area contributed by atoms with Gasteiger partial charge in [0.15, 0.2) is 0 Å². The van der Waals surface area contributed by atoms with E-state index in [1.165, 1.54) is 12.1 Å². The van der Waals surface area contributed by atoms with Gasteiger partial charge in [0.2, 0.25) is 0 Å². The van der Waals surface area contributed by atoms with E-state index < -0.39 is 11.8 Å². The largest absolute Gasteiger partial charge is 0.478 e. The molecule has 0 saturated carbocycles. The van der Waals surface area contributed by atoms with E-state index in [1.807, 2.05) is 4.90 Å². The number of hydrogen-bond acceptors (Lipinski definition) is 4. The fraction of sp³-hybridized carbons (Fsp3) is 0.533. The van der Waals surface area contributed by atoms with Crippen molar-refractivity contribution in [3.63, 3.8) is 0 Å². The molecule has 0 bridgehead atoms. The minimum atomic E-state index is -1.18. The number of carboxylic acid groups (broad SMARTS) is 1. The zero-order valence-corrected chi connectivity index (χ0v) is 12.5. The van der Waals surface area contributed by atoms with E-state index in [0.29, 0.717) is 11.6 Å². The highest BCUT2D eigenvalue weighted by Gasteiger charge is 2.25. The number of nitrogens with zero attached hydrogens (tertiary/aromatic N) is 2. The predicted molar refractivity (Wildman–Crippen MR) is 81.3 cm³/mol. The smallest absolute Gasteiger partial charge is 0.340 e. The summed E-state index contributed by atoms with van der Waals surface area (Å²) in [4.78, 5) is 15.5. The van der Waals surface area contributed by atoms with Gasteiger partial charge in [-0.05, 0) is 45.0 Å². The van der Waals surface area contributed by atoms with Crippen molar-refractivity contribution in [2.45, 2.75) is 12.8 Å². The maximum atomic E-state index is 13.5. The monoisotopic (exact) mass is 295 g/mol. The number of carbonyl (C=O) groups is 1. The van der Waals surface area contributed by atoms with Crippen LogP contribution in [0.15, 0.2) is 12.1 Å². The van der Waals surface area contributed by atoms with Gasteiger partial charge in [0.25, 0.3) is 0 Å². The van der Waals surface area contributed by atoms with Crippen LogP contribution in [0.4, 0.5) is 15.8 Å². The summed E-state index contributed by atoms with van der Waals surface area (Å²) < 4.78 is 13.5. The number of halogens is 1. The quantitative estimate of drug-likeness (QED) is 0.830. The molecule has 1 aliphatic rings. The molecule has 0 atom stereocenters. The average molecular weight is 295 g/mol. The molecule has 0 unspecified atom stereocenters. The first kappa shape index (κ1) is 15.6. The van der Waals surface area contributed by atoms with Gasteiger partial charge >= 0.3 is 5.97 Å². The summed E-state index contributed by atoms with van der Waals surface area (Å²) in [5.41, 5.74) is 5.71. The van der Waals surface area contributed by atoms with Crippen molar-refractivity contribution in [3.05, 3.63) is 23.5 Å². The van der Waals surface area contributed by atoms with Gasteiger partial charge in [-0.25, -0.2) is 9.18 Å². The SMILES string of the molecule is CN(C)CC1CCN(c2ccc(F)c(N)c2C(=O)O)CC1. The Labute approximate surface area is 124 Å². The van der Waals surface area contributed by atoms with Crippen LogP contribution in [0.2, 0.25) is 0 Å². The molecule has 1 aromatic rings. The zero-order valence-electron chi connectivity index (χ0n) is 12.5. The molecular formula is C15H22FN3O2. The first-order chi connectivity index (χ1) is 9.90. The van der Waals surface area contributed by atoms with Crippen LogP contribution in [0.3, 0.4) is 0 Å². The second-order valence-electron chi connectivity index (χ2n) is 5.85. The summed E-state index contributed by atoms with van der Waals surface area (Å²) in [5.74, 6) is -1.25. The summed E-state index contributed by atoms with van der Waals surface area (Å²) >= 11 is 0.